The van der Waals surface area contributed by atoms with Crippen LogP contribution in [0.3, 0.4) is 0 Å². The molecule has 168 valence electrons. The van der Waals surface area contributed by atoms with E-state index in [0.29, 0.717) is 16.3 Å². The molecule has 0 amide bonds. The van der Waals surface area contributed by atoms with Gasteiger partial charge in [-0.2, -0.15) is 0 Å². The van der Waals surface area contributed by atoms with Gasteiger partial charge in [0.25, 0.3) is 0 Å². The van der Waals surface area contributed by atoms with Crippen molar-refractivity contribution >= 4 is 49.1 Å². The summed E-state index contributed by atoms with van der Waals surface area (Å²) in [4.78, 5) is 16.4. The van der Waals surface area contributed by atoms with Gasteiger partial charge in [0.2, 0.25) is 0 Å². The molecule has 1 heterocycles. The van der Waals surface area contributed by atoms with Gasteiger partial charge >= 0.3 is 5.97 Å². The van der Waals surface area contributed by atoms with Crippen molar-refractivity contribution in [3.63, 3.8) is 0 Å². The minimum atomic E-state index is -3.27. The van der Waals surface area contributed by atoms with Crippen molar-refractivity contribution in [2.45, 2.75) is 92.0 Å². The molecule has 0 saturated carbocycles. The molecule has 0 bridgehead atoms. The van der Waals surface area contributed by atoms with Crippen LogP contribution < -0.4 is 0 Å². The monoisotopic (exact) mass is 471 g/mol. The third-order valence-electron chi connectivity index (χ3n) is 5.11. The number of rotatable bonds is 15. The molecule has 1 atom stereocenters. The van der Waals surface area contributed by atoms with E-state index in [1.807, 2.05) is 0 Å². The highest BCUT2D eigenvalue weighted by atomic mass is 32.2. The Morgan fingerprint density at radius 1 is 1.07 bits per heavy atom. The van der Waals surface area contributed by atoms with Crippen LogP contribution in [0.25, 0.3) is 10.2 Å². The van der Waals surface area contributed by atoms with E-state index in [0.717, 1.165) is 17.5 Å². The predicted molar refractivity (Wildman–Crippen MR) is 126 cm³/mol. The molecular formula is C22H33NO4S3. The van der Waals surface area contributed by atoms with Crippen LogP contribution in [0, 0.1) is 0 Å². The van der Waals surface area contributed by atoms with Gasteiger partial charge in [0, 0.05) is 6.26 Å². The average Bonchev–Trinajstić information content (AvgIpc) is 3.09. The van der Waals surface area contributed by atoms with Gasteiger partial charge in [-0.3, -0.25) is 4.79 Å². The van der Waals surface area contributed by atoms with E-state index < -0.39 is 21.1 Å². The molecule has 0 aliphatic carbocycles. The fourth-order valence-corrected chi connectivity index (χ4v) is 6.38. The molecule has 0 fully saturated rings. The van der Waals surface area contributed by atoms with Crippen LogP contribution in [-0.2, 0) is 14.6 Å². The van der Waals surface area contributed by atoms with Crippen LogP contribution in [0.5, 0.6) is 0 Å². The van der Waals surface area contributed by atoms with Crippen molar-refractivity contribution in [2.75, 3.05) is 6.26 Å². The normalized spacial score (nSPS) is 13.0. The highest BCUT2D eigenvalue weighted by Gasteiger charge is 2.21. The highest BCUT2D eigenvalue weighted by molar-refractivity contribution is 8.02. The Kier molecular flexibility index (Phi) is 10.6. The summed E-state index contributed by atoms with van der Waals surface area (Å²) < 4.78 is 24.9. The molecule has 2 rings (SSSR count). The van der Waals surface area contributed by atoms with E-state index in [2.05, 4.69) is 11.9 Å². The highest BCUT2D eigenvalue weighted by Crippen LogP contribution is 2.35. The van der Waals surface area contributed by atoms with E-state index in [1.165, 1.54) is 80.7 Å². The summed E-state index contributed by atoms with van der Waals surface area (Å²) in [7, 11) is -3.27. The average molecular weight is 472 g/mol. The van der Waals surface area contributed by atoms with Gasteiger partial charge in [0.15, 0.2) is 14.2 Å². The summed E-state index contributed by atoms with van der Waals surface area (Å²) in [5.41, 5.74) is 0.706. The lowest BCUT2D eigenvalue weighted by Gasteiger charge is -2.10. The molecule has 8 heteroatoms. The van der Waals surface area contributed by atoms with Gasteiger partial charge < -0.3 is 5.11 Å². The van der Waals surface area contributed by atoms with Gasteiger partial charge in [0.05, 0.1) is 15.1 Å². The van der Waals surface area contributed by atoms with E-state index in [-0.39, 0.29) is 4.90 Å². The Bertz CT molecular complexity index is 908. The van der Waals surface area contributed by atoms with Crippen LogP contribution in [0.2, 0.25) is 0 Å². The minimum Gasteiger partial charge on any atom is -0.480 e. The quantitative estimate of drug-likeness (QED) is 0.234. The lowest BCUT2D eigenvalue weighted by atomic mass is 10.1. The first kappa shape index (κ1) is 25.1. The van der Waals surface area contributed by atoms with Crippen molar-refractivity contribution in [2.24, 2.45) is 0 Å². The molecule has 1 aromatic heterocycles. The zero-order valence-electron chi connectivity index (χ0n) is 17.9. The number of aliphatic carboxylic acids is 1. The maximum atomic E-state index is 11.7. The summed E-state index contributed by atoms with van der Waals surface area (Å²) in [6, 6.07) is 4.85. The third-order valence-corrected chi connectivity index (χ3v) is 8.58. The van der Waals surface area contributed by atoms with E-state index in [4.69, 9.17) is 0 Å². The molecule has 0 aliphatic heterocycles. The molecule has 5 nitrogen and oxygen atoms in total. The number of fused-ring (bicyclic) bond motifs is 1. The minimum absolute atomic E-state index is 0.260. The van der Waals surface area contributed by atoms with Crippen molar-refractivity contribution in [1.29, 1.82) is 0 Å². The molecule has 1 unspecified atom stereocenters. The summed E-state index contributed by atoms with van der Waals surface area (Å²) in [5, 5.41) is 9.06. The van der Waals surface area contributed by atoms with Gasteiger partial charge in [-0.25, -0.2) is 13.4 Å². The smallest absolute Gasteiger partial charge is 0.317 e. The van der Waals surface area contributed by atoms with Gasteiger partial charge in [0.1, 0.15) is 5.25 Å². The first-order valence-corrected chi connectivity index (χ1v) is 14.4. The Morgan fingerprint density at radius 3 is 2.23 bits per heavy atom. The Balaban J connectivity index is 1.78. The topological polar surface area (TPSA) is 84.3 Å². The Morgan fingerprint density at radius 2 is 1.67 bits per heavy atom. The molecule has 0 saturated heterocycles. The molecule has 0 spiro atoms. The van der Waals surface area contributed by atoms with Crippen molar-refractivity contribution < 1.29 is 18.3 Å². The summed E-state index contributed by atoms with van der Waals surface area (Å²) in [5.74, 6) is -0.813. The largest absolute Gasteiger partial charge is 0.480 e. The standard InChI is InChI=1S/C22H33NO4S3/c1-3-4-5-6-7-8-9-10-11-12-13-19(21(24)25)28-22-23-18-15-14-17(30(2,26)27)16-20(18)29-22/h14-16,19H,3-13H2,1-2H3,(H,24,25). The SMILES string of the molecule is CCCCCCCCCCCCC(Sc1nc2ccc(S(C)(=O)=O)cc2s1)C(=O)O. The molecule has 0 radical (unpaired) electrons. The fourth-order valence-electron chi connectivity index (χ4n) is 3.34. The van der Waals surface area contributed by atoms with E-state index in [1.54, 1.807) is 18.2 Å². The lowest BCUT2D eigenvalue weighted by Crippen LogP contribution is -2.16. The second-order valence-corrected chi connectivity index (χ2v) is 12.3. The van der Waals surface area contributed by atoms with Crippen LogP contribution in [0.4, 0.5) is 0 Å². The van der Waals surface area contributed by atoms with Crippen molar-refractivity contribution in [3.05, 3.63) is 18.2 Å². The van der Waals surface area contributed by atoms with E-state index in [9.17, 15) is 18.3 Å². The second-order valence-electron chi connectivity index (χ2n) is 7.80. The number of carboxylic acids is 1. The number of carboxylic acid groups (broad SMARTS) is 1. The number of sulfone groups is 1. The number of nitrogens with zero attached hydrogens (tertiary/aromatic N) is 1. The number of aromatic nitrogens is 1. The van der Waals surface area contributed by atoms with E-state index >= 15 is 0 Å². The molecule has 30 heavy (non-hydrogen) atoms. The number of hydrogen-bond acceptors (Lipinski definition) is 6. The number of hydrogen-bond donors (Lipinski definition) is 1. The second kappa shape index (κ2) is 12.7. The van der Waals surface area contributed by atoms with Gasteiger partial charge in [-0.1, -0.05) is 82.9 Å². The molecule has 1 N–H and O–H groups in total. The summed E-state index contributed by atoms with van der Waals surface area (Å²) in [6.07, 6.45) is 14.1. The third kappa shape index (κ3) is 8.55. The predicted octanol–water partition coefficient (Wildman–Crippen LogP) is 6.56. The Labute approximate surface area is 188 Å². The summed E-state index contributed by atoms with van der Waals surface area (Å²) in [6.45, 7) is 2.23. The number of carbonyl (C=O) groups is 1. The maximum absolute atomic E-state index is 11.7. The van der Waals surface area contributed by atoms with Crippen LogP contribution in [-0.4, -0.2) is 36.0 Å². The zero-order chi connectivity index (χ0) is 22.0. The maximum Gasteiger partial charge on any atom is 0.317 e. The lowest BCUT2D eigenvalue weighted by molar-refractivity contribution is -0.136. The number of thiazole rings is 1. The molecule has 2 aromatic rings. The van der Waals surface area contributed by atoms with Crippen LogP contribution >= 0.6 is 23.1 Å². The van der Waals surface area contributed by atoms with Gasteiger partial charge in [-0.05, 0) is 24.6 Å². The number of benzene rings is 1. The van der Waals surface area contributed by atoms with Crippen molar-refractivity contribution in [1.82, 2.24) is 4.98 Å². The van der Waals surface area contributed by atoms with Crippen LogP contribution in [0.1, 0.15) is 77.6 Å². The molecule has 1 aromatic carbocycles. The molecule has 0 aliphatic rings. The number of thioether (sulfide) groups is 1. The number of unbranched alkanes of at least 4 members (excludes halogenated alkanes) is 9. The Hall–Kier alpha value is -1.12. The zero-order valence-corrected chi connectivity index (χ0v) is 20.4. The van der Waals surface area contributed by atoms with Crippen molar-refractivity contribution in [3.8, 4) is 0 Å². The summed E-state index contributed by atoms with van der Waals surface area (Å²) >= 11 is 2.63. The first-order valence-electron chi connectivity index (χ1n) is 10.8. The first-order chi connectivity index (χ1) is 14.3. The van der Waals surface area contributed by atoms with Gasteiger partial charge in [-0.15, -0.1) is 11.3 Å². The fraction of sp³-hybridized carbons (Fsp3) is 0.636. The molecular weight excluding hydrogens is 438 g/mol. The van der Waals surface area contributed by atoms with Crippen LogP contribution in [0.15, 0.2) is 27.4 Å².